The minimum atomic E-state index is -5.18. The first-order chi connectivity index (χ1) is 69.4. The molecule has 0 aliphatic rings. The second-order valence-corrected chi connectivity index (χ2v) is 85.2. The molecular weight excluding hydrogens is 2630 g/mol. The lowest BCUT2D eigenvalue weighted by Crippen LogP contribution is -2.16. The largest absolute Gasteiger partial charge is 0.394 e. The summed E-state index contributed by atoms with van der Waals surface area (Å²) in [7, 11) is 19.5. The van der Waals surface area contributed by atoms with E-state index in [-0.39, 0.29) is 13.8 Å². The van der Waals surface area contributed by atoms with Gasteiger partial charge in [-0.25, -0.2) is 0 Å². The number of halogens is 12. The van der Waals surface area contributed by atoms with Crippen molar-refractivity contribution < 1.29 is 99.6 Å². The van der Waals surface area contributed by atoms with Gasteiger partial charge in [-0.15, -0.1) is 0 Å². The molecule has 888 valence electrons. The molecule has 0 fully saturated rings. The Morgan fingerprint density at radius 1 is 0.221 bits per heavy atom. The first-order valence-electron chi connectivity index (χ1n) is 45.0. The van der Waals surface area contributed by atoms with Crippen molar-refractivity contribution in [3.8, 4) is 0 Å². The molecule has 0 saturated carbocycles. The van der Waals surface area contributed by atoms with Crippen LogP contribution in [0.1, 0.15) is 241 Å². The topological polar surface area (TPSA) is 202 Å². The van der Waals surface area contributed by atoms with Gasteiger partial charge in [0.1, 0.15) is 28.6 Å². The van der Waals surface area contributed by atoms with Crippen LogP contribution in [0.25, 0.3) is 0 Å². The summed E-state index contributed by atoms with van der Waals surface area (Å²) in [5, 5.41) is 3.42. The molecule has 6 rings (SSSR count). The smallest absolute Gasteiger partial charge is 0.320 e. The van der Waals surface area contributed by atoms with Gasteiger partial charge in [0.15, 0.2) is 0 Å². The molecule has 61 heteroatoms. The average Bonchev–Trinajstić information content (AvgIpc) is 0.883. The van der Waals surface area contributed by atoms with Crippen molar-refractivity contribution in [2.75, 3.05) is 67.4 Å². The molecule has 6 aromatic carbocycles. The summed E-state index contributed by atoms with van der Waals surface area (Å²) in [6.45, 7) is 65.5. The summed E-state index contributed by atoms with van der Waals surface area (Å²) in [4.78, 5) is 35.5. The van der Waals surface area contributed by atoms with Crippen molar-refractivity contribution in [3.05, 3.63) is 215 Å². The maximum atomic E-state index is 12.0. The van der Waals surface area contributed by atoms with Crippen LogP contribution in [0.15, 0.2) is 182 Å². The maximum Gasteiger partial charge on any atom is 0.394 e. The molecule has 0 aliphatic heterocycles. The molecule has 0 radical (unpaired) electrons. The number of alkyl halides is 12. The van der Waals surface area contributed by atoms with Gasteiger partial charge < -0.3 is 43.2 Å². The van der Waals surface area contributed by atoms with Crippen molar-refractivity contribution >= 4 is 324 Å². The van der Waals surface area contributed by atoms with Crippen LogP contribution in [0.4, 0.5) is 52.7 Å². The number of hydrogen-bond acceptors (Lipinski definition) is 15. The fourth-order valence-electron chi connectivity index (χ4n) is 5.44. The SMILES string of the molecule is CC.CC.CC.CC.CC.CC.CC.CC.CC.CC.CC.CC.CC(F)(F)P(=O)(O)O.CC(F)(F)P(=O)(O)O.CC(F)(F)P(C)(C)=O.CC(F)(F)P(C)(C)=O.CC(F)(F)P(C)(C)=O.CC(F)(F)P(C)(C)=O.CN(Cc1ccccc1)Cc1ccccc1.CN(Cc1ccccc1)Cc1ccccc1.S=S=S=S=S.S=S=S=S=S=S=S=S=S=S=S=S.S=S=S=S=S=S=S=S=S=S=S=S=S.c1ccc(CNCc2ccccc2)cc1. The highest BCUT2D eigenvalue weighted by atomic mass is 33.5. The second kappa shape index (κ2) is 132. The lowest BCUT2D eigenvalue weighted by molar-refractivity contribution is 0.0785. The quantitative estimate of drug-likeness (QED) is 0.0401. The maximum absolute atomic E-state index is 12.0. The van der Waals surface area contributed by atoms with Gasteiger partial charge in [-0.05, 0) is 101 Å². The number of benzene rings is 6. The Bertz CT molecular complexity index is 5010. The van der Waals surface area contributed by atoms with E-state index in [1.165, 1.54) is 95.5 Å². The summed E-state index contributed by atoms with van der Waals surface area (Å²) >= 11 is 27.7. The zero-order valence-electron chi connectivity index (χ0n) is 92.7. The van der Waals surface area contributed by atoms with Crippen molar-refractivity contribution in [1.29, 1.82) is 0 Å². The normalized spacial score (nSPS) is 9.70. The number of nitrogens with one attached hydrogen (secondary N) is 1. The van der Waals surface area contributed by atoms with E-state index in [0.29, 0.717) is 27.7 Å². The standard InChI is InChI=1S/2C15H17N.C14H15N.4C4H9F2OP.2C2H5F2O3P.12C2H6.S13.S12.S5/c2*1-16(12-14-8-4-2-5-9-14)13-15-10-6-3-7-11-15;1-3-7-13(8-4-1)11-15-12-14-9-5-2-6-10-14;4*1-4(5,6)8(2,3)7;2*1-2(3,4)8(5,6)7;12*1-2;1-3-5-7-9-11-13-12-10-8-6-4-2;1-3-5-7-9-11-12-10-8-6-4-2;1-3-5-4-2/h2*2-11H,12-13H2,1H3;1-10,15H,11-12H2;4*1-3H3;2*1H3,(H2,5,6,7);12*1-2H3;;;. The lowest BCUT2D eigenvalue weighted by Gasteiger charge is -2.16. The van der Waals surface area contributed by atoms with Crippen LogP contribution in [0.3, 0.4) is 0 Å². The van der Waals surface area contributed by atoms with Gasteiger partial charge in [-0.3, -0.25) is 18.9 Å². The van der Waals surface area contributed by atoms with E-state index in [0.717, 1.165) is 92.6 Å². The Morgan fingerprint density at radius 3 is 0.409 bits per heavy atom. The van der Waals surface area contributed by atoms with E-state index in [1.54, 1.807) is 151 Å². The first kappa shape index (κ1) is 192. The van der Waals surface area contributed by atoms with E-state index in [1.807, 2.05) is 178 Å². The van der Waals surface area contributed by atoms with Crippen molar-refractivity contribution in [2.24, 2.45) is 0 Å². The number of rotatable bonds is 18. The van der Waals surface area contributed by atoms with Gasteiger partial charge in [0.25, 0.3) is 22.7 Å². The average molecular weight is 2800 g/mol. The highest BCUT2D eigenvalue weighted by Crippen LogP contribution is 2.56. The molecule has 149 heavy (non-hydrogen) atoms. The highest BCUT2D eigenvalue weighted by Gasteiger charge is 2.44. The zero-order chi connectivity index (χ0) is 122. The van der Waals surface area contributed by atoms with Gasteiger partial charge in [0.05, 0.1) is 0 Å². The van der Waals surface area contributed by atoms with Crippen LogP contribution in [0.5, 0.6) is 0 Å². The lowest BCUT2D eigenvalue weighted by atomic mass is 10.2. The van der Waals surface area contributed by atoms with E-state index in [9.17, 15) is 80.1 Å². The highest BCUT2D eigenvalue weighted by molar-refractivity contribution is 8.76. The zero-order valence-corrected chi connectivity index (χ0v) is 123. The Balaban J connectivity index is -0.0000000779. The molecule has 0 atom stereocenters. The third-order valence-corrected chi connectivity index (χ3v) is 69.2. The number of hydrogen-bond donors (Lipinski definition) is 5. The van der Waals surface area contributed by atoms with Gasteiger partial charge in [-0.2, -0.15) is 52.7 Å². The van der Waals surface area contributed by atoms with Crippen LogP contribution >= 0.6 is 43.8 Å². The predicted molar refractivity (Wildman–Crippen MR) is 722 cm³/mol. The molecule has 13 nitrogen and oxygen atoms in total. The van der Waals surface area contributed by atoms with Crippen molar-refractivity contribution in [3.63, 3.8) is 0 Å². The first-order valence-corrected chi connectivity index (χ1v) is 94.7. The third-order valence-electron chi connectivity index (χ3n) is 12.9. The Morgan fingerprint density at radius 2 is 0.322 bits per heavy atom. The molecule has 0 aliphatic carbocycles. The Kier molecular flexibility index (Phi) is 170. The Hall–Kier alpha value is 2.18. The molecular formula is C88H167F12N3O10P6S30. The molecule has 0 bridgehead atoms. The fraction of sp³-hybridized carbons (Fsp3) is 0.591. The molecule has 0 aromatic heterocycles. The van der Waals surface area contributed by atoms with Crippen LogP contribution in [0, 0.1) is 0 Å². The van der Waals surface area contributed by atoms with Crippen LogP contribution in [-0.2, 0) is 347 Å². The van der Waals surface area contributed by atoms with E-state index in [2.05, 4.69) is 244 Å². The monoisotopic (exact) mass is 2800 g/mol. The van der Waals surface area contributed by atoms with Crippen LogP contribution in [-0.4, -0.2) is 131 Å². The fourth-order valence-corrected chi connectivity index (χ4v) is 54.8. The van der Waals surface area contributed by atoms with E-state index in [4.69, 9.17) is 41.9 Å². The Labute approximate surface area is 989 Å². The van der Waals surface area contributed by atoms with Gasteiger partial charge in [0.2, 0.25) is 0 Å². The summed E-state index contributed by atoms with van der Waals surface area (Å²) in [6, 6.07) is 63.2. The number of nitrogens with zero attached hydrogens (tertiary/aromatic N) is 2. The summed E-state index contributed by atoms with van der Waals surface area (Å²) in [5.41, 5.74) is -11.7. The van der Waals surface area contributed by atoms with Crippen molar-refractivity contribution in [2.45, 2.75) is 281 Å². The molecule has 5 N–H and O–H groups in total. The molecule has 0 unspecified atom stereocenters. The van der Waals surface area contributed by atoms with Crippen LogP contribution in [0.2, 0.25) is 0 Å². The van der Waals surface area contributed by atoms with Crippen molar-refractivity contribution in [1.82, 2.24) is 15.1 Å². The molecule has 0 amide bonds. The molecule has 0 heterocycles. The summed E-state index contributed by atoms with van der Waals surface area (Å²) in [6.07, 6.45) is 0. The van der Waals surface area contributed by atoms with Gasteiger partial charge in [-0.1, -0.05) is 348 Å². The summed E-state index contributed by atoms with van der Waals surface area (Å²) in [5.74, 6) is 0. The van der Waals surface area contributed by atoms with Gasteiger partial charge >= 0.3 is 26.5 Å². The van der Waals surface area contributed by atoms with Crippen LogP contribution < -0.4 is 5.32 Å². The molecule has 0 saturated heterocycles. The van der Waals surface area contributed by atoms with E-state index < -0.39 is 77.7 Å². The van der Waals surface area contributed by atoms with E-state index >= 15 is 0 Å². The predicted octanol–water partition coefficient (Wildman–Crippen LogP) is 32.3. The third kappa shape index (κ3) is 152. The molecule has 0 spiro atoms. The summed E-state index contributed by atoms with van der Waals surface area (Å²) < 4.78 is 203. The molecule has 6 aromatic rings. The minimum Gasteiger partial charge on any atom is -0.320 e. The minimum absolute atomic E-state index is 0.174. The van der Waals surface area contributed by atoms with Gasteiger partial charge in [0, 0.05) is 361 Å². The second-order valence-electron chi connectivity index (χ2n) is 25.0.